The third kappa shape index (κ3) is 3.38. The summed E-state index contributed by atoms with van der Waals surface area (Å²) in [6.07, 6.45) is -0.633. The fraction of sp³-hybridized carbons (Fsp3) is 0.364. The van der Waals surface area contributed by atoms with Gasteiger partial charge in [0.25, 0.3) is 0 Å². The maximum absolute atomic E-state index is 10.8. The molecule has 1 unspecified atom stereocenters. The monoisotopic (exact) mass is 251 g/mol. The third-order valence-corrected chi connectivity index (χ3v) is 2.24. The zero-order valence-electron chi connectivity index (χ0n) is 9.43. The van der Waals surface area contributed by atoms with Crippen LogP contribution in [0.2, 0.25) is 0 Å². The van der Waals surface area contributed by atoms with Crippen molar-refractivity contribution in [3.05, 3.63) is 24.3 Å². The molecule has 0 aromatic heterocycles. The quantitative estimate of drug-likeness (QED) is 0.804. The lowest BCUT2D eigenvalue weighted by Crippen LogP contribution is -2.22. The molecule has 6 heteroatoms. The minimum absolute atomic E-state index is 0. The average molecular weight is 251 g/mol. The Labute approximate surface area is 104 Å². The first-order valence-corrected chi connectivity index (χ1v) is 5.00. The summed E-state index contributed by atoms with van der Waals surface area (Å²) in [5.41, 5.74) is 0. The molecular weight excluding hydrogens is 238 g/mol. The van der Waals surface area contributed by atoms with E-state index in [0.717, 1.165) is 0 Å². The van der Waals surface area contributed by atoms with E-state index in [0.29, 0.717) is 24.7 Å². The Bertz CT molecular complexity index is 385. The lowest BCUT2D eigenvalue weighted by molar-refractivity contribution is 0.103. The molecule has 1 heterocycles. The highest BCUT2D eigenvalue weighted by molar-refractivity contribution is 5.75. The molecule has 90 valence electrons. The zero-order valence-corrected chi connectivity index (χ0v) is 10.4. The maximum Gasteiger partial charge on any atom is 0.407 e. The number of carbonyl (C=O) groups excluding carboxylic acids is 1. The number of cyclic esters (lactones) is 1. The normalized spacial score (nSPS) is 17.7. The fourth-order valence-electron chi connectivity index (χ4n) is 1.45. The highest BCUT2D eigenvalue weighted by Crippen LogP contribution is 2.25. The van der Waals surface area contributed by atoms with Gasteiger partial charge in [-0.2, -0.15) is 0 Å². The second kappa shape index (κ2) is 6.14. The van der Waals surface area contributed by atoms with E-state index >= 15 is 0 Å². The van der Waals surface area contributed by atoms with Crippen LogP contribution in [0.3, 0.4) is 0 Å². The molecule has 1 aromatic rings. The number of methoxy groups -OCH3 is 1. The van der Waals surface area contributed by atoms with Gasteiger partial charge in [0.1, 0.15) is 6.61 Å². The van der Waals surface area contributed by atoms with Gasteiger partial charge in [-0.3, -0.25) is 0 Å². The summed E-state index contributed by atoms with van der Waals surface area (Å²) >= 11 is 0. The van der Waals surface area contributed by atoms with Gasteiger partial charge in [0.2, 0.25) is 0 Å². The predicted octanol–water partition coefficient (Wildman–Crippen LogP) is 0.802. The van der Waals surface area contributed by atoms with Crippen LogP contribution in [-0.4, -0.2) is 43.4 Å². The van der Waals surface area contributed by atoms with Crippen molar-refractivity contribution in [3.8, 4) is 11.5 Å². The largest absolute Gasteiger partial charge is 0.493 e. The van der Waals surface area contributed by atoms with Gasteiger partial charge in [0.15, 0.2) is 17.6 Å². The van der Waals surface area contributed by atoms with E-state index in [1.54, 1.807) is 7.11 Å². The lowest BCUT2D eigenvalue weighted by atomic mass is 10.3. The highest BCUT2D eigenvalue weighted by atomic mass is 28.1. The molecule has 4 radical (unpaired) electrons. The van der Waals surface area contributed by atoms with Crippen LogP contribution in [0.25, 0.3) is 0 Å². The molecule has 0 bridgehead atoms. The van der Waals surface area contributed by atoms with Gasteiger partial charge in [-0.15, -0.1) is 0 Å². The number of ether oxygens (including phenoxy) is 3. The molecule has 1 atom stereocenters. The van der Waals surface area contributed by atoms with Gasteiger partial charge in [0.05, 0.1) is 13.7 Å². The second-order valence-corrected chi connectivity index (χ2v) is 3.37. The summed E-state index contributed by atoms with van der Waals surface area (Å²) in [7, 11) is 1.58. The van der Waals surface area contributed by atoms with Gasteiger partial charge >= 0.3 is 6.09 Å². The van der Waals surface area contributed by atoms with Crippen molar-refractivity contribution >= 4 is 17.1 Å². The van der Waals surface area contributed by atoms with Gasteiger partial charge in [-0.1, -0.05) is 12.1 Å². The predicted molar refractivity (Wildman–Crippen MR) is 62.5 cm³/mol. The van der Waals surface area contributed by atoms with Crippen molar-refractivity contribution in [1.29, 1.82) is 0 Å². The standard InChI is InChI=1S/C11H13NO4.Si/c1-14-9-4-2-3-5-10(9)15-7-8-6-12-11(13)16-8;/h2-5,8H,6-7H2,1H3,(H,12,13);. The van der Waals surface area contributed by atoms with Crippen LogP contribution in [0.4, 0.5) is 4.79 Å². The van der Waals surface area contributed by atoms with Crippen LogP contribution in [0.5, 0.6) is 11.5 Å². The first kappa shape index (κ1) is 13.4. The topological polar surface area (TPSA) is 56.8 Å². The van der Waals surface area contributed by atoms with E-state index in [-0.39, 0.29) is 17.1 Å². The van der Waals surface area contributed by atoms with Crippen LogP contribution < -0.4 is 14.8 Å². The average Bonchev–Trinajstić information content (AvgIpc) is 2.73. The minimum atomic E-state index is -0.395. The minimum Gasteiger partial charge on any atom is -0.493 e. The van der Waals surface area contributed by atoms with Gasteiger partial charge < -0.3 is 19.5 Å². The maximum atomic E-state index is 10.8. The lowest BCUT2D eigenvalue weighted by Gasteiger charge is -2.12. The fourth-order valence-corrected chi connectivity index (χ4v) is 1.45. The number of para-hydroxylation sites is 2. The molecule has 1 N–H and O–H groups in total. The van der Waals surface area contributed by atoms with Crippen molar-refractivity contribution in [2.45, 2.75) is 6.10 Å². The van der Waals surface area contributed by atoms with Crippen molar-refractivity contribution < 1.29 is 19.0 Å². The Morgan fingerprint density at radius 1 is 1.41 bits per heavy atom. The van der Waals surface area contributed by atoms with E-state index < -0.39 is 6.09 Å². The molecular formula is C11H13NO4Si. The summed E-state index contributed by atoms with van der Waals surface area (Å²) in [5, 5.41) is 2.56. The van der Waals surface area contributed by atoms with Gasteiger partial charge in [-0.05, 0) is 12.1 Å². The van der Waals surface area contributed by atoms with Crippen LogP contribution in [-0.2, 0) is 4.74 Å². The van der Waals surface area contributed by atoms with E-state index in [1.807, 2.05) is 24.3 Å². The molecule has 0 saturated carbocycles. The van der Waals surface area contributed by atoms with E-state index in [4.69, 9.17) is 14.2 Å². The molecule has 2 rings (SSSR count). The van der Waals surface area contributed by atoms with Gasteiger partial charge in [0, 0.05) is 11.0 Å². The SMILES string of the molecule is COc1ccccc1OCC1CNC(=O)O1.[Si]. The number of amides is 1. The number of carbonyl (C=O) groups is 1. The highest BCUT2D eigenvalue weighted by Gasteiger charge is 2.23. The summed E-state index contributed by atoms with van der Waals surface area (Å²) in [4.78, 5) is 10.8. The number of hydrogen-bond donors (Lipinski definition) is 1. The van der Waals surface area contributed by atoms with E-state index in [1.165, 1.54) is 0 Å². The summed E-state index contributed by atoms with van der Waals surface area (Å²) in [5.74, 6) is 1.31. The molecule has 1 amide bonds. The van der Waals surface area contributed by atoms with E-state index in [9.17, 15) is 4.79 Å². The van der Waals surface area contributed by atoms with Crippen molar-refractivity contribution in [1.82, 2.24) is 5.32 Å². The Balaban J connectivity index is 0.00000144. The molecule has 1 fully saturated rings. The summed E-state index contributed by atoms with van der Waals surface area (Å²) in [6, 6.07) is 7.34. The van der Waals surface area contributed by atoms with Crippen LogP contribution in [0.1, 0.15) is 0 Å². The molecule has 1 aliphatic rings. The first-order valence-electron chi connectivity index (χ1n) is 5.00. The van der Waals surface area contributed by atoms with Crippen LogP contribution >= 0.6 is 0 Å². The summed E-state index contributed by atoms with van der Waals surface area (Å²) in [6.45, 7) is 0.799. The molecule has 0 spiro atoms. The summed E-state index contributed by atoms with van der Waals surface area (Å²) < 4.78 is 15.6. The van der Waals surface area contributed by atoms with Crippen LogP contribution in [0.15, 0.2) is 24.3 Å². The molecule has 0 aliphatic carbocycles. The van der Waals surface area contributed by atoms with Crippen LogP contribution in [0, 0.1) is 0 Å². The number of hydrogen-bond acceptors (Lipinski definition) is 4. The van der Waals surface area contributed by atoms with E-state index in [2.05, 4.69) is 5.32 Å². The van der Waals surface area contributed by atoms with Crippen molar-refractivity contribution in [2.75, 3.05) is 20.3 Å². The zero-order chi connectivity index (χ0) is 11.4. The Kier molecular flexibility index (Phi) is 4.83. The second-order valence-electron chi connectivity index (χ2n) is 3.37. The number of benzene rings is 1. The first-order chi connectivity index (χ1) is 7.79. The number of rotatable bonds is 4. The van der Waals surface area contributed by atoms with Gasteiger partial charge in [-0.25, -0.2) is 4.79 Å². The molecule has 1 saturated heterocycles. The Hall–Kier alpha value is -1.69. The van der Waals surface area contributed by atoms with Crippen molar-refractivity contribution in [2.24, 2.45) is 0 Å². The number of nitrogens with one attached hydrogen (secondary N) is 1. The molecule has 5 nitrogen and oxygen atoms in total. The Morgan fingerprint density at radius 2 is 2.12 bits per heavy atom. The third-order valence-electron chi connectivity index (χ3n) is 2.24. The molecule has 1 aliphatic heterocycles. The number of alkyl carbamates (subject to hydrolysis) is 1. The van der Waals surface area contributed by atoms with Crippen molar-refractivity contribution in [3.63, 3.8) is 0 Å². The Morgan fingerprint density at radius 3 is 2.71 bits per heavy atom. The smallest absolute Gasteiger partial charge is 0.407 e. The molecule has 1 aromatic carbocycles. The molecule has 17 heavy (non-hydrogen) atoms.